The molecule has 3 heteroatoms. The largest absolute Gasteiger partial charge is 0.457 e. The molecule has 0 aromatic carbocycles. The first-order valence-corrected chi connectivity index (χ1v) is 6.89. The Morgan fingerprint density at radius 1 is 1.28 bits per heavy atom. The molecule has 4 atom stereocenters. The molecule has 18 heavy (non-hydrogen) atoms. The van der Waals surface area contributed by atoms with Gasteiger partial charge < -0.3 is 4.74 Å². The van der Waals surface area contributed by atoms with Gasteiger partial charge in [0.2, 0.25) is 0 Å². The summed E-state index contributed by atoms with van der Waals surface area (Å²) < 4.78 is 5.58. The van der Waals surface area contributed by atoms with Gasteiger partial charge in [0.25, 0.3) is 0 Å². The fourth-order valence-electron chi connectivity index (χ4n) is 4.05. The van der Waals surface area contributed by atoms with E-state index in [0.717, 1.165) is 30.4 Å². The van der Waals surface area contributed by atoms with Crippen molar-refractivity contribution in [3.8, 4) is 0 Å². The normalized spacial score (nSPS) is 43.6. The monoisotopic (exact) mass is 248 g/mol. The van der Waals surface area contributed by atoms with Crippen LogP contribution < -0.4 is 0 Å². The number of esters is 1. The zero-order chi connectivity index (χ0) is 13.1. The number of ether oxygens (including phenoxy) is 1. The molecule has 0 N–H and O–H groups in total. The lowest BCUT2D eigenvalue weighted by molar-refractivity contribution is -0.143. The number of allylic oxidation sites excluding steroid dienone is 1. The summed E-state index contributed by atoms with van der Waals surface area (Å²) in [6.45, 7) is 6.09. The van der Waals surface area contributed by atoms with Crippen molar-refractivity contribution in [3.05, 3.63) is 11.1 Å². The summed E-state index contributed by atoms with van der Waals surface area (Å²) in [6.07, 6.45) is 3.55. The van der Waals surface area contributed by atoms with Gasteiger partial charge in [-0.2, -0.15) is 0 Å². The van der Waals surface area contributed by atoms with Crippen molar-refractivity contribution in [1.82, 2.24) is 0 Å². The van der Waals surface area contributed by atoms with Crippen LogP contribution in [0.4, 0.5) is 0 Å². The molecule has 0 aromatic heterocycles. The lowest BCUT2D eigenvalue weighted by atomic mass is 9.59. The fraction of sp³-hybridized carbons (Fsp3) is 0.733. The first kappa shape index (κ1) is 11.9. The Labute approximate surface area is 108 Å². The fourth-order valence-corrected chi connectivity index (χ4v) is 4.05. The molecule has 98 valence electrons. The summed E-state index contributed by atoms with van der Waals surface area (Å²) in [7, 11) is 0. The maximum Gasteiger partial charge on any atom is 0.309 e. The third-order valence-electron chi connectivity index (χ3n) is 5.34. The van der Waals surface area contributed by atoms with Gasteiger partial charge in [-0.05, 0) is 42.7 Å². The molecule has 1 heterocycles. The van der Waals surface area contributed by atoms with Crippen molar-refractivity contribution in [3.63, 3.8) is 0 Å². The second-order valence-electron chi connectivity index (χ2n) is 6.37. The van der Waals surface area contributed by atoms with Gasteiger partial charge >= 0.3 is 5.97 Å². The predicted molar refractivity (Wildman–Crippen MR) is 66.8 cm³/mol. The molecule has 0 spiro atoms. The Morgan fingerprint density at radius 2 is 2.00 bits per heavy atom. The smallest absolute Gasteiger partial charge is 0.309 e. The van der Waals surface area contributed by atoms with E-state index in [4.69, 9.17) is 4.74 Å². The van der Waals surface area contributed by atoms with Crippen LogP contribution in [0.15, 0.2) is 11.1 Å². The minimum absolute atomic E-state index is 0.0168. The number of carbonyl (C=O) groups is 2. The van der Waals surface area contributed by atoms with Gasteiger partial charge in [0, 0.05) is 12.3 Å². The van der Waals surface area contributed by atoms with E-state index in [2.05, 4.69) is 6.92 Å². The molecular weight excluding hydrogens is 228 g/mol. The number of hydrogen-bond acceptors (Lipinski definition) is 3. The number of Topliss-reactive ketones (excluding diaryl/α,β-unsaturated/α-hetero) is 1. The van der Waals surface area contributed by atoms with Crippen molar-refractivity contribution in [1.29, 1.82) is 0 Å². The quantitative estimate of drug-likeness (QED) is 0.619. The van der Waals surface area contributed by atoms with Gasteiger partial charge in [0.15, 0.2) is 5.78 Å². The van der Waals surface area contributed by atoms with Gasteiger partial charge in [0.05, 0.1) is 5.92 Å². The van der Waals surface area contributed by atoms with Gasteiger partial charge in [-0.1, -0.05) is 13.8 Å². The lowest BCUT2D eigenvalue weighted by Crippen LogP contribution is -2.41. The topological polar surface area (TPSA) is 43.4 Å². The molecule has 2 unspecified atom stereocenters. The lowest BCUT2D eigenvalue weighted by Gasteiger charge is -2.45. The molecule has 0 radical (unpaired) electrons. The van der Waals surface area contributed by atoms with Gasteiger partial charge in [0.1, 0.15) is 6.10 Å². The summed E-state index contributed by atoms with van der Waals surface area (Å²) >= 11 is 0. The molecule has 1 saturated carbocycles. The minimum atomic E-state index is -0.129. The molecule has 2 fully saturated rings. The standard InChI is InChI=1S/C15H20O3/c1-8-10-4-6-15(3)7-5-11(16)9(2)12(15)13(10)18-14(8)17/h8,10,13H,4-7H2,1-3H3/t8-,10?,13?,15-/m0/s1. The highest BCUT2D eigenvalue weighted by Gasteiger charge is 2.53. The third kappa shape index (κ3) is 1.42. The summed E-state index contributed by atoms with van der Waals surface area (Å²) in [5.74, 6) is 0.407. The average Bonchev–Trinajstić information content (AvgIpc) is 2.60. The van der Waals surface area contributed by atoms with Crippen LogP contribution in [0.1, 0.15) is 46.5 Å². The average molecular weight is 248 g/mol. The van der Waals surface area contributed by atoms with Crippen LogP contribution in [0.3, 0.4) is 0 Å². The van der Waals surface area contributed by atoms with Crippen LogP contribution in [0, 0.1) is 17.3 Å². The molecule has 1 aliphatic heterocycles. The number of hydrogen-bond donors (Lipinski definition) is 0. The maximum absolute atomic E-state index is 11.9. The van der Waals surface area contributed by atoms with Crippen molar-refractivity contribution >= 4 is 11.8 Å². The highest BCUT2D eigenvalue weighted by Crippen LogP contribution is 2.54. The van der Waals surface area contributed by atoms with E-state index in [-0.39, 0.29) is 35.1 Å². The summed E-state index contributed by atoms with van der Waals surface area (Å²) in [4.78, 5) is 23.7. The molecule has 2 aliphatic carbocycles. The summed E-state index contributed by atoms with van der Waals surface area (Å²) in [6, 6.07) is 0. The second-order valence-corrected chi connectivity index (χ2v) is 6.37. The Hall–Kier alpha value is -1.12. The number of rotatable bonds is 0. The Morgan fingerprint density at radius 3 is 2.72 bits per heavy atom. The third-order valence-corrected chi connectivity index (χ3v) is 5.34. The van der Waals surface area contributed by atoms with Crippen molar-refractivity contribution < 1.29 is 14.3 Å². The van der Waals surface area contributed by atoms with Crippen LogP contribution >= 0.6 is 0 Å². The van der Waals surface area contributed by atoms with E-state index in [1.807, 2.05) is 13.8 Å². The number of carbonyl (C=O) groups excluding carboxylic acids is 2. The van der Waals surface area contributed by atoms with Gasteiger partial charge in [-0.3, -0.25) is 9.59 Å². The highest BCUT2D eigenvalue weighted by molar-refractivity contribution is 5.97. The van der Waals surface area contributed by atoms with Crippen LogP contribution in [0.25, 0.3) is 0 Å². The molecular formula is C15H20O3. The minimum Gasteiger partial charge on any atom is -0.457 e. The Bertz CT molecular complexity index is 462. The maximum atomic E-state index is 11.9. The molecule has 0 amide bonds. The molecule has 3 aliphatic rings. The first-order chi connectivity index (χ1) is 8.44. The predicted octanol–water partition coefficient (Wildman–Crippen LogP) is 2.64. The first-order valence-electron chi connectivity index (χ1n) is 6.89. The highest BCUT2D eigenvalue weighted by atomic mass is 16.6. The second kappa shape index (κ2) is 3.69. The van der Waals surface area contributed by atoms with Gasteiger partial charge in [-0.15, -0.1) is 0 Å². The van der Waals surface area contributed by atoms with E-state index >= 15 is 0 Å². The van der Waals surface area contributed by atoms with Crippen LogP contribution in [-0.2, 0) is 14.3 Å². The van der Waals surface area contributed by atoms with Crippen molar-refractivity contribution in [2.24, 2.45) is 17.3 Å². The molecule has 0 aromatic rings. The molecule has 3 nitrogen and oxygen atoms in total. The zero-order valence-corrected chi connectivity index (χ0v) is 11.3. The van der Waals surface area contributed by atoms with E-state index in [1.54, 1.807) is 0 Å². The summed E-state index contributed by atoms with van der Waals surface area (Å²) in [5.41, 5.74) is 2.07. The van der Waals surface area contributed by atoms with Crippen LogP contribution in [-0.4, -0.2) is 17.9 Å². The van der Waals surface area contributed by atoms with Crippen LogP contribution in [0.2, 0.25) is 0 Å². The number of fused-ring (bicyclic) bond motifs is 3. The molecule has 1 saturated heterocycles. The Balaban J connectivity index is 2.09. The Kier molecular flexibility index (Phi) is 2.45. The molecule has 3 rings (SSSR count). The zero-order valence-electron chi connectivity index (χ0n) is 11.3. The van der Waals surface area contributed by atoms with Crippen LogP contribution in [0.5, 0.6) is 0 Å². The van der Waals surface area contributed by atoms with E-state index in [0.29, 0.717) is 6.42 Å². The SMILES string of the molecule is CC1=C2C3OC(=O)[C@@H](C)C3CC[C@@]2(C)CCC1=O. The van der Waals surface area contributed by atoms with Gasteiger partial charge in [-0.25, -0.2) is 0 Å². The van der Waals surface area contributed by atoms with E-state index in [9.17, 15) is 9.59 Å². The number of ketones is 1. The van der Waals surface area contributed by atoms with E-state index < -0.39 is 0 Å². The van der Waals surface area contributed by atoms with Crippen molar-refractivity contribution in [2.45, 2.75) is 52.6 Å². The van der Waals surface area contributed by atoms with E-state index in [1.165, 1.54) is 0 Å². The molecule has 0 bridgehead atoms. The summed E-state index contributed by atoms with van der Waals surface area (Å²) in [5, 5.41) is 0. The van der Waals surface area contributed by atoms with Crippen molar-refractivity contribution in [2.75, 3.05) is 0 Å².